The topological polar surface area (TPSA) is 149 Å². The molecular formula is C24H51N3O6. The Morgan fingerprint density at radius 2 is 1.12 bits per heavy atom. The first-order valence-corrected chi connectivity index (χ1v) is 12.6. The number of nitrogens with zero attached hydrogens (tertiary/aromatic N) is 1. The average molecular weight is 478 g/mol. The second-order valence-electron chi connectivity index (χ2n) is 10.6. The molecule has 9 heteroatoms. The standard InChI is InChI=1S/C24H51N3O6/c1-7-18(21(4,28)29)14-24(15-19(8-2)22(5,30)31)17-26-11-10-25-12-13-27(24)16-20(9-3)23(6,32)33/h18-20,25-26,28-33H,7-17H2,1-6H3. The van der Waals surface area contributed by atoms with Gasteiger partial charge in [-0.05, 0) is 52.9 Å². The highest BCUT2D eigenvalue weighted by Crippen LogP contribution is 2.40. The summed E-state index contributed by atoms with van der Waals surface area (Å²) >= 11 is 0. The van der Waals surface area contributed by atoms with E-state index in [-0.39, 0.29) is 0 Å². The molecule has 1 aliphatic heterocycles. The Morgan fingerprint density at radius 1 is 0.697 bits per heavy atom. The van der Waals surface area contributed by atoms with E-state index in [4.69, 9.17) is 0 Å². The second-order valence-corrected chi connectivity index (χ2v) is 10.6. The van der Waals surface area contributed by atoms with Crippen molar-refractivity contribution in [3.05, 3.63) is 0 Å². The number of aliphatic hydroxyl groups is 6. The van der Waals surface area contributed by atoms with Crippen molar-refractivity contribution in [1.82, 2.24) is 15.5 Å². The van der Waals surface area contributed by atoms with Gasteiger partial charge in [-0.2, -0.15) is 0 Å². The normalized spacial score (nSPS) is 25.1. The van der Waals surface area contributed by atoms with E-state index in [1.165, 1.54) is 20.8 Å². The molecule has 0 amide bonds. The third-order valence-corrected chi connectivity index (χ3v) is 7.65. The molecule has 0 saturated carbocycles. The fourth-order valence-electron chi connectivity index (χ4n) is 5.28. The van der Waals surface area contributed by atoms with Gasteiger partial charge in [0.2, 0.25) is 0 Å². The van der Waals surface area contributed by atoms with Crippen molar-refractivity contribution in [3.8, 4) is 0 Å². The highest BCUT2D eigenvalue weighted by atomic mass is 16.5. The number of hydrogen-bond acceptors (Lipinski definition) is 9. The number of nitrogens with one attached hydrogen (secondary N) is 2. The molecule has 1 fully saturated rings. The van der Waals surface area contributed by atoms with Gasteiger partial charge in [0, 0.05) is 62.6 Å². The molecule has 0 spiro atoms. The maximum absolute atomic E-state index is 10.5. The van der Waals surface area contributed by atoms with E-state index in [9.17, 15) is 30.6 Å². The lowest BCUT2D eigenvalue weighted by atomic mass is 9.73. The van der Waals surface area contributed by atoms with Crippen LogP contribution in [0.2, 0.25) is 0 Å². The van der Waals surface area contributed by atoms with Crippen LogP contribution in [0.5, 0.6) is 0 Å². The first kappa shape index (κ1) is 30.7. The second kappa shape index (κ2) is 12.6. The first-order chi connectivity index (χ1) is 15.1. The van der Waals surface area contributed by atoms with Crippen molar-refractivity contribution in [1.29, 1.82) is 0 Å². The van der Waals surface area contributed by atoms with E-state index in [2.05, 4.69) is 15.5 Å². The summed E-state index contributed by atoms with van der Waals surface area (Å²) < 4.78 is 0. The molecule has 0 radical (unpaired) electrons. The molecule has 33 heavy (non-hydrogen) atoms. The maximum Gasteiger partial charge on any atom is 0.163 e. The van der Waals surface area contributed by atoms with E-state index in [1.54, 1.807) is 0 Å². The SMILES string of the molecule is CCC(CN1CCNCCNCC1(CC(CC)C(C)(O)O)CC(CC)C(C)(O)O)C(C)(O)O. The van der Waals surface area contributed by atoms with Crippen LogP contribution < -0.4 is 10.6 Å². The highest BCUT2D eigenvalue weighted by molar-refractivity contribution is 5.00. The largest absolute Gasteiger partial charge is 0.366 e. The van der Waals surface area contributed by atoms with Crippen molar-refractivity contribution >= 4 is 0 Å². The monoisotopic (exact) mass is 477 g/mol. The van der Waals surface area contributed by atoms with Gasteiger partial charge in [0.15, 0.2) is 17.4 Å². The third kappa shape index (κ3) is 9.31. The van der Waals surface area contributed by atoms with Gasteiger partial charge in [0.1, 0.15) is 0 Å². The van der Waals surface area contributed by atoms with Crippen LogP contribution in [0.3, 0.4) is 0 Å². The molecule has 9 nitrogen and oxygen atoms in total. The predicted molar refractivity (Wildman–Crippen MR) is 129 cm³/mol. The van der Waals surface area contributed by atoms with Crippen LogP contribution in [0, 0.1) is 17.8 Å². The Bertz CT molecular complexity index is 532. The van der Waals surface area contributed by atoms with Gasteiger partial charge in [-0.1, -0.05) is 20.8 Å². The van der Waals surface area contributed by atoms with E-state index in [0.717, 1.165) is 13.1 Å². The van der Waals surface area contributed by atoms with Gasteiger partial charge in [-0.25, -0.2) is 0 Å². The zero-order chi connectivity index (χ0) is 25.5. The van der Waals surface area contributed by atoms with Gasteiger partial charge < -0.3 is 41.3 Å². The molecule has 8 N–H and O–H groups in total. The van der Waals surface area contributed by atoms with Crippen molar-refractivity contribution in [3.63, 3.8) is 0 Å². The molecule has 1 rings (SSSR count). The molecule has 0 aliphatic carbocycles. The molecular weight excluding hydrogens is 426 g/mol. The summed E-state index contributed by atoms with van der Waals surface area (Å²) in [5, 5.41) is 69.8. The molecule has 3 unspecified atom stereocenters. The van der Waals surface area contributed by atoms with E-state index < -0.39 is 40.7 Å². The summed E-state index contributed by atoms with van der Waals surface area (Å²) in [5.41, 5.74) is -0.661. The van der Waals surface area contributed by atoms with Gasteiger partial charge >= 0.3 is 0 Å². The van der Waals surface area contributed by atoms with Crippen LogP contribution in [0.1, 0.15) is 73.6 Å². The lowest BCUT2D eigenvalue weighted by molar-refractivity contribution is -0.215. The first-order valence-electron chi connectivity index (χ1n) is 12.6. The Labute approximate surface area is 200 Å². The number of rotatable bonds is 12. The van der Waals surface area contributed by atoms with Crippen molar-refractivity contribution in [2.45, 2.75) is 96.5 Å². The summed E-state index contributed by atoms with van der Waals surface area (Å²) in [4.78, 5) is 2.21. The summed E-state index contributed by atoms with van der Waals surface area (Å²) in [6.45, 7) is 13.7. The lowest BCUT2D eigenvalue weighted by Gasteiger charge is -2.51. The molecule has 1 aliphatic rings. The van der Waals surface area contributed by atoms with E-state index >= 15 is 0 Å². The van der Waals surface area contributed by atoms with Crippen LogP contribution in [0.25, 0.3) is 0 Å². The summed E-state index contributed by atoms with van der Waals surface area (Å²) in [6.07, 6.45) is 2.46. The quantitative estimate of drug-likeness (QED) is 0.184. The van der Waals surface area contributed by atoms with Crippen LogP contribution in [0.4, 0.5) is 0 Å². The van der Waals surface area contributed by atoms with Gasteiger partial charge in [0.25, 0.3) is 0 Å². The maximum atomic E-state index is 10.5. The van der Waals surface area contributed by atoms with E-state index in [0.29, 0.717) is 58.3 Å². The minimum Gasteiger partial charge on any atom is -0.366 e. The van der Waals surface area contributed by atoms with Crippen LogP contribution in [-0.2, 0) is 0 Å². The number of hydrogen-bond donors (Lipinski definition) is 8. The third-order valence-electron chi connectivity index (χ3n) is 7.65. The molecule has 0 aromatic carbocycles. The van der Waals surface area contributed by atoms with Crippen molar-refractivity contribution in [2.75, 3.05) is 39.3 Å². The minimum absolute atomic E-state index is 0.386. The van der Waals surface area contributed by atoms with Gasteiger partial charge in [-0.15, -0.1) is 0 Å². The highest BCUT2D eigenvalue weighted by Gasteiger charge is 2.47. The average Bonchev–Trinajstić information content (AvgIpc) is 2.76. The van der Waals surface area contributed by atoms with Gasteiger partial charge in [-0.3, -0.25) is 4.90 Å². The lowest BCUT2D eigenvalue weighted by Crippen LogP contribution is -2.62. The van der Waals surface area contributed by atoms with Crippen LogP contribution >= 0.6 is 0 Å². The molecule has 198 valence electrons. The zero-order valence-electron chi connectivity index (χ0n) is 21.6. The van der Waals surface area contributed by atoms with Crippen LogP contribution in [0.15, 0.2) is 0 Å². The smallest absolute Gasteiger partial charge is 0.163 e. The Kier molecular flexibility index (Phi) is 11.7. The summed E-state index contributed by atoms with van der Waals surface area (Å²) in [6, 6.07) is 0. The zero-order valence-corrected chi connectivity index (χ0v) is 21.6. The van der Waals surface area contributed by atoms with Crippen molar-refractivity contribution in [2.24, 2.45) is 17.8 Å². The predicted octanol–water partition coefficient (Wildman–Crippen LogP) is 0.181. The molecule has 0 bridgehead atoms. The molecule has 1 heterocycles. The van der Waals surface area contributed by atoms with Crippen LogP contribution in [-0.4, -0.2) is 97.7 Å². The Hall–Kier alpha value is -0.360. The van der Waals surface area contributed by atoms with E-state index in [1.807, 2.05) is 20.8 Å². The summed E-state index contributed by atoms with van der Waals surface area (Å²) in [5.74, 6) is -6.97. The molecule has 1 saturated heterocycles. The molecule has 0 aromatic heterocycles. The molecule has 0 aromatic rings. The fraction of sp³-hybridized carbons (Fsp3) is 1.00. The Morgan fingerprint density at radius 3 is 1.52 bits per heavy atom. The summed E-state index contributed by atoms with van der Waals surface area (Å²) in [7, 11) is 0. The minimum atomic E-state index is -1.89. The van der Waals surface area contributed by atoms with Crippen molar-refractivity contribution < 1.29 is 30.6 Å². The fourth-order valence-corrected chi connectivity index (χ4v) is 5.28. The Balaban J connectivity index is 3.58. The molecule has 3 atom stereocenters. The van der Waals surface area contributed by atoms with Gasteiger partial charge in [0.05, 0.1) is 0 Å².